The summed E-state index contributed by atoms with van der Waals surface area (Å²) in [4.78, 5) is 2.34. The quantitative estimate of drug-likeness (QED) is 0.618. The van der Waals surface area contributed by atoms with Gasteiger partial charge in [0.25, 0.3) is 0 Å². The van der Waals surface area contributed by atoms with Crippen molar-refractivity contribution in [1.29, 1.82) is 0 Å². The summed E-state index contributed by atoms with van der Waals surface area (Å²) < 4.78 is 0. The van der Waals surface area contributed by atoms with E-state index in [-0.39, 0.29) is 12.6 Å². The summed E-state index contributed by atoms with van der Waals surface area (Å²) in [6.07, 6.45) is 3.53. The molecule has 1 saturated heterocycles. The molecule has 3 heteroatoms. The Morgan fingerprint density at radius 2 is 2.25 bits per heavy atom. The zero-order valence-corrected chi connectivity index (χ0v) is 7.87. The van der Waals surface area contributed by atoms with E-state index in [4.69, 9.17) is 10.8 Å². The van der Waals surface area contributed by atoms with E-state index >= 15 is 0 Å². The van der Waals surface area contributed by atoms with Gasteiger partial charge in [-0.05, 0) is 45.3 Å². The highest BCUT2D eigenvalue weighted by Crippen LogP contribution is 2.18. The smallest absolute Gasteiger partial charge is 0.0585 e. The zero-order valence-electron chi connectivity index (χ0n) is 7.87. The molecular weight excluding hydrogens is 152 g/mol. The fourth-order valence-electron chi connectivity index (χ4n) is 1.84. The van der Waals surface area contributed by atoms with Crippen LogP contribution in [0.4, 0.5) is 0 Å². The summed E-state index contributed by atoms with van der Waals surface area (Å²) in [6.45, 7) is 2.43. The van der Waals surface area contributed by atoms with E-state index in [1.165, 1.54) is 19.4 Å². The van der Waals surface area contributed by atoms with Crippen LogP contribution in [0.3, 0.4) is 0 Å². The molecule has 0 bridgehead atoms. The SMILES string of the molecule is CN1CCCC(C(N)CO)CC1. The minimum atomic E-state index is -0.00324. The topological polar surface area (TPSA) is 49.5 Å². The Kier molecular flexibility index (Phi) is 3.98. The summed E-state index contributed by atoms with van der Waals surface area (Å²) >= 11 is 0. The Labute approximate surface area is 74.5 Å². The van der Waals surface area contributed by atoms with E-state index in [2.05, 4.69) is 11.9 Å². The van der Waals surface area contributed by atoms with Gasteiger partial charge in [-0.3, -0.25) is 0 Å². The van der Waals surface area contributed by atoms with Crippen molar-refractivity contribution in [2.75, 3.05) is 26.7 Å². The van der Waals surface area contributed by atoms with Crippen molar-refractivity contribution in [3.8, 4) is 0 Å². The first-order valence-electron chi connectivity index (χ1n) is 4.79. The Hall–Kier alpha value is -0.120. The highest BCUT2D eigenvalue weighted by molar-refractivity contribution is 4.76. The van der Waals surface area contributed by atoms with E-state index in [1.54, 1.807) is 0 Å². The number of rotatable bonds is 2. The monoisotopic (exact) mass is 172 g/mol. The van der Waals surface area contributed by atoms with Gasteiger partial charge in [-0.1, -0.05) is 0 Å². The van der Waals surface area contributed by atoms with E-state index in [0.717, 1.165) is 13.0 Å². The molecular formula is C9H20N2O. The number of hydrogen-bond donors (Lipinski definition) is 2. The van der Waals surface area contributed by atoms with Crippen molar-refractivity contribution in [2.24, 2.45) is 11.7 Å². The van der Waals surface area contributed by atoms with Crippen LogP contribution in [-0.2, 0) is 0 Å². The molecule has 0 aromatic heterocycles. The third-order valence-electron chi connectivity index (χ3n) is 2.81. The number of nitrogens with two attached hydrogens (primary N) is 1. The lowest BCUT2D eigenvalue weighted by atomic mass is 9.93. The van der Waals surface area contributed by atoms with Crippen LogP contribution in [0, 0.1) is 5.92 Å². The summed E-state index contributed by atoms with van der Waals surface area (Å²) in [5.41, 5.74) is 5.79. The highest BCUT2D eigenvalue weighted by Gasteiger charge is 2.19. The molecule has 2 atom stereocenters. The van der Waals surface area contributed by atoms with Gasteiger partial charge in [0.05, 0.1) is 6.61 Å². The molecule has 1 rings (SSSR count). The van der Waals surface area contributed by atoms with E-state index in [0.29, 0.717) is 5.92 Å². The first-order valence-corrected chi connectivity index (χ1v) is 4.79. The van der Waals surface area contributed by atoms with Crippen LogP contribution in [0.1, 0.15) is 19.3 Å². The standard InChI is InChI=1S/C9H20N2O/c1-11-5-2-3-8(4-6-11)9(10)7-12/h8-9,12H,2-7,10H2,1H3. The molecule has 1 aliphatic rings. The van der Waals surface area contributed by atoms with E-state index in [9.17, 15) is 0 Å². The largest absolute Gasteiger partial charge is 0.395 e. The fourth-order valence-corrected chi connectivity index (χ4v) is 1.84. The van der Waals surface area contributed by atoms with E-state index in [1.807, 2.05) is 0 Å². The van der Waals surface area contributed by atoms with Gasteiger partial charge in [0.15, 0.2) is 0 Å². The Morgan fingerprint density at radius 3 is 2.92 bits per heavy atom. The number of nitrogens with zero attached hydrogens (tertiary/aromatic N) is 1. The molecule has 12 heavy (non-hydrogen) atoms. The fraction of sp³-hybridized carbons (Fsp3) is 1.00. The Balaban J connectivity index is 2.35. The second kappa shape index (κ2) is 4.80. The Morgan fingerprint density at radius 1 is 1.50 bits per heavy atom. The van der Waals surface area contributed by atoms with Crippen molar-refractivity contribution in [3.63, 3.8) is 0 Å². The normalized spacial score (nSPS) is 29.8. The third-order valence-corrected chi connectivity index (χ3v) is 2.81. The molecule has 2 unspecified atom stereocenters. The predicted molar refractivity (Wildman–Crippen MR) is 49.9 cm³/mol. The lowest BCUT2D eigenvalue weighted by molar-refractivity contribution is 0.215. The molecule has 1 aliphatic heterocycles. The molecule has 72 valence electrons. The van der Waals surface area contributed by atoms with Gasteiger partial charge in [-0.25, -0.2) is 0 Å². The van der Waals surface area contributed by atoms with Gasteiger partial charge in [0.2, 0.25) is 0 Å². The minimum Gasteiger partial charge on any atom is -0.395 e. The third kappa shape index (κ3) is 2.73. The molecule has 3 nitrogen and oxygen atoms in total. The zero-order chi connectivity index (χ0) is 8.97. The molecule has 0 saturated carbocycles. The van der Waals surface area contributed by atoms with Crippen LogP contribution in [0.2, 0.25) is 0 Å². The molecule has 0 aliphatic carbocycles. The average molecular weight is 172 g/mol. The van der Waals surface area contributed by atoms with Gasteiger partial charge < -0.3 is 15.7 Å². The molecule has 0 aromatic rings. The first-order chi connectivity index (χ1) is 5.74. The van der Waals surface area contributed by atoms with Crippen molar-refractivity contribution in [1.82, 2.24) is 4.90 Å². The van der Waals surface area contributed by atoms with Crippen LogP contribution in [0.5, 0.6) is 0 Å². The molecule has 0 radical (unpaired) electrons. The van der Waals surface area contributed by atoms with Crippen LogP contribution in [-0.4, -0.2) is 42.8 Å². The average Bonchev–Trinajstić information content (AvgIpc) is 2.29. The maximum absolute atomic E-state index is 8.91. The summed E-state index contributed by atoms with van der Waals surface area (Å²) in [5, 5.41) is 8.91. The van der Waals surface area contributed by atoms with Crippen molar-refractivity contribution < 1.29 is 5.11 Å². The molecule has 0 spiro atoms. The van der Waals surface area contributed by atoms with Crippen LogP contribution >= 0.6 is 0 Å². The predicted octanol–water partition coefficient (Wildman–Crippen LogP) is 0.0379. The molecule has 3 N–H and O–H groups in total. The van der Waals surface area contributed by atoms with Gasteiger partial charge in [-0.2, -0.15) is 0 Å². The number of aliphatic hydroxyl groups excluding tert-OH is 1. The number of likely N-dealkylation sites (tertiary alicyclic amines) is 1. The maximum atomic E-state index is 8.91. The van der Waals surface area contributed by atoms with Crippen LogP contribution in [0.15, 0.2) is 0 Å². The van der Waals surface area contributed by atoms with Crippen molar-refractivity contribution in [2.45, 2.75) is 25.3 Å². The molecule has 1 heterocycles. The van der Waals surface area contributed by atoms with Gasteiger partial charge in [0, 0.05) is 6.04 Å². The second-order valence-corrected chi connectivity index (χ2v) is 3.84. The van der Waals surface area contributed by atoms with Crippen molar-refractivity contribution in [3.05, 3.63) is 0 Å². The lowest BCUT2D eigenvalue weighted by Gasteiger charge is -2.20. The van der Waals surface area contributed by atoms with E-state index < -0.39 is 0 Å². The van der Waals surface area contributed by atoms with Gasteiger partial charge in [-0.15, -0.1) is 0 Å². The summed E-state index contributed by atoms with van der Waals surface area (Å²) in [6, 6.07) is -0.00324. The summed E-state index contributed by atoms with van der Waals surface area (Å²) in [5.74, 6) is 0.528. The van der Waals surface area contributed by atoms with Crippen molar-refractivity contribution >= 4 is 0 Å². The maximum Gasteiger partial charge on any atom is 0.0585 e. The Bertz CT molecular complexity index is 130. The minimum absolute atomic E-state index is 0.00324. The summed E-state index contributed by atoms with van der Waals surface area (Å²) in [7, 11) is 2.15. The highest BCUT2D eigenvalue weighted by atomic mass is 16.3. The number of hydrogen-bond acceptors (Lipinski definition) is 3. The second-order valence-electron chi connectivity index (χ2n) is 3.84. The van der Waals surface area contributed by atoms with Crippen LogP contribution in [0.25, 0.3) is 0 Å². The first kappa shape index (κ1) is 9.96. The van der Waals surface area contributed by atoms with Gasteiger partial charge in [0.1, 0.15) is 0 Å². The molecule has 0 amide bonds. The molecule has 0 aromatic carbocycles. The number of aliphatic hydroxyl groups is 1. The molecule has 1 fully saturated rings. The van der Waals surface area contributed by atoms with Gasteiger partial charge >= 0.3 is 0 Å². The lowest BCUT2D eigenvalue weighted by Crippen LogP contribution is -2.34. The van der Waals surface area contributed by atoms with Crippen LogP contribution < -0.4 is 5.73 Å².